The predicted octanol–water partition coefficient (Wildman–Crippen LogP) is 3.38. The van der Waals surface area contributed by atoms with E-state index in [1.54, 1.807) is 29.5 Å². The summed E-state index contributed by atoms with van der Waals surface area (Å²) in [5, 5.41) is 0.147. The highest BCUT2D eigenvalue weighted by Crippen LogP contribution is 2.31. The Hall–Kier alpha value is -0.500. The Kier molecular flexibility index (Phi) is 5.51. The van der Waals surface area contributed by atoms with Gasteiger partial charge in [-0.1, -0.05) is 11.6 Å². The minimum atomic E-state index is -2.72. The molecule has 0 aliphatic rings. The Morgan fingerprint density at radius 3 is 2.82 bits per heavy atom. The van der Waals surface area contributed by atoms with Crippen LogP contribution in [-0.2, 0) is 16.0 Å². The highest BCUT2D eigenvalue weighted by atomic mass is 127. The molecule has 0 saturated carbocycles. The molecule has 17 heavy (non-hydrogen) atoms. The molecular formula is C10H9ClF2INO2. The summed E-state index contributed by atoms with van der Waals surface area (Å²) in [6, 6.07) is 0. The number of nitrogens with zero attached hydrogens (tertiary/aromatic N) is 1. The first kappa shape index (κ1) is 14.6. The third-order valence-corrected chi connectivity index (χ3v) is 3.69. The summed E-state index contributed by atoms with van der Waals surface area (Å²) in [7, 11) is 0. The molecule has 0 saturated heterocycles. The summed E-state index contributed by atoms with van der Waals surface area (Å²) in [6.45, 7) is 1.85. The summed E-state index contributed by atoms with van der Waals surface area (Å²) in [4.78, 5) is 15.0. The first-order valence-electron chi connectivity index (χ1n) is 4.73. The van der Waals surface area contributed by atoms with E-state index in [2.05, 4.69) is 4.98 Å². The number of hydrogen-bond acceptors (Lipinski definition) is 3. The SMILES string of the molecule is CCOC(=O)Cc1ncc(Cl)c(I)c1C(F)F. The Morgan fingerprint density at radius 1 is 1.65 bits per heavy atom. The van der Waals surface area contributed by atoms with E-state index in [0.717, 1.165) is 0 Å². The minimum Gasteiger partial charge on any atom is -0.466 e. The Labute approximate surface area is 116 Å². The minimum absolute atomic E-state index is 0.00671. The number of esters is 1. The number of pyridine rings is 1. The van der Waals surface area contributed by atoms with E-state index in [-0.39, 0.29) is 32.9 Å². The van der Waals surface area contributed by atoms with E-state index in [4.69, 9.17) is 16.3 Å². The second kappa shape index (κ2) is 6.44. The zero-order chi connectivity index (χ0) is 13.0. The van der Waals surface area contributed by atoms with E-state index < -0.39 is 12.4 Å². The number of aromatic nitrogens is 1. The molecule has 0 N–H and O–H groups in total. The maximum absolute atomic E-state index is 12.8. The van der Waals surface area contributed by atoms with Gasteiger partial charge in [0.15, 0.2) is 0 Å². The maximum Gasteiger partial charge on any atom is 0.311 e. The fourth-order valence-corrected chi connectivity index (χ4v) is 2.06. The molecule has 0 aliphatic carbocycles. The van der Waals surface area contributed by atoms with Crippen molar-refractivity contribution < 1.29 is 18.3 Å². The Morgan fingerprint density at radius 2 is 2.29 bits per heavy atom. The van der Waals surface area contributed by atoms with E-state index >= 15 is 0 Å². The molecule has 3 nitrogen and oxygen atoms in total. The van der Waals surface area contributed by atoms with Crippen LogP contribution in [0.25, 0.3) is 0 Å². The molecule has 0 radical (unpaired) electrons. The topological polar surface area (TPSA) is 39.2 Å². The second-order valence-corrected chi connectivity index (χ2v) is 4.55. The van der Waals surface area contributed by atoms with E-state index in [1.807, 2.05) is 0 Å². The molecule has 1 aromatic rings. The Balaban J connectivity index is 3.07. The molecule has 0 bridgehead atoms. The number of carbonyl (C=O) groups is 1. The van der Waals surface area contributed by atoms with Crippen LogP contribution in [-0.4, -0.2) is 17.6 Å². The van der Waals surface area contributed by atoms with Crippen LogP contribution in [0.4, 0.5) is 8.78 Å². The summed E-state index contributed by atoms with van der Waals surface area (Å²) >= 11 is 7.42. The molecule has 1 heterocycles. The van der Waals surface area contributed by atoms with Gasteiger partial charge in [0.1, 0.15) is 0 Å². The van der Waals surface area contributed by atoms with Gasteiger partial charge in [0.05, 0.1) is 29.3 Å². The van der Waals surface area contributed by atoms with Crippen LogP contribution in [0.2, 0.25) is 5.02 Å². The van der Waals surface area contributed by atoms with Crippen molar-refractivity contribution >= 4 is 40.2 Å². The molecule has 0 atom stereocenters. The van der Waals surface area contributed by atoms with Crippen molar-refractivity contribution in [2.75, 3.05) is 6.61 Å². The summed E-state index contributed by atoms with van der Waals surface area (Å²) < 4.78 is 30.6. The van der Waals surface area contributed by atoms with Gasteiger partial charge in [-0.05, 0) is 29.5 Å². The average molecular weight is 376 g/mol. The molecular weight excluding hydrogens is 366 g/mol. The second-order valence-electron chi connectivity index (χ2n) is 3.06. The van der Waals surface area contributed by atoms with Gasteiger partial charge in [-0.15, -0.1) is 0 Å². The fraction of sp³-hybridized carbons (Fsp3) is 0.400. The average Bonchev–Trinajstić information content (AvgIpc) is 2.23. The van der Waals surface area contributed by atoms with Crippen LogP contribution in [0, 0.1) is 3.57 Å². The lowest BCUT2D eigenvalue weighted by molar-refractivity contribution is -0.142. The van der Waals surface area contributed by atoms with E-state index in [9.17, 15) is 13.6 Å². The van der Waals surface area contributed by atoms with Gasteiger partial charge in [-0.2, -0.15) is 0 Å². The smallest absolute Gasteiger partial charge is 0.311 e. The molecule has 0 aromatic carbocycles. The molecule has 0 aliphatic heterocycles. The predicted molar refractivity (Wildman–Crippen MR) is 67.3 cm³/mol. The van der Waals surface area contributed by atoms with E-state index in [1.165, 1.54) is 6.20 Å². The third kappa shape index (κ3) is 3.74. The van der Waals surface area contributed by atoms with Crippen LogP contribution in [0.5, 0.6) is 0 Å². The molecule has 7 heteroatoms. The maximum atomic E-state index is 12.8. The van der Waals surface area contributed by atoms with Crippen molar-refractivity contribution in [3.63, 3.8) is 0 Å². The summed E-state index contributed by atoms with van der Waals surface area (Å²) in [5.41, 5.74) is -0.293. The van der Waals surface area contributed by atoms with Crippen LogP contribution >= 0.6 is 34.2 Å². The van der Waals surface area contributed by atoms with Crippen molar-refractivity contribution in [2.24, 2.45) is 0 Å². The molecule has 1 rings (SSSR count). The zero-order valence-corrected chi connectivity index (χ0v) is 11.8. The van der Waals surface area contributed by atoms with Gasteiger partial charge >= 0.3 is 5.97 Å². The fourth-order valence-electron chi connectivity index (χ4n) is 1.23. The lowest BCUT2D eigenvalue weighted by Gasteiger charge is -2.10. The molecule has 0 fully saturated rings. The van der Waals surface area contributed by atoms with Gasteiger partial charge in [0, 0.05) is 9.77 Å². The van der Waals surface area contributed by atoms with Crippen molar-refractivity contribution in [1.29, 1.82) is 0 Å². The van der Waals surface area contributed by atoms with Crippen LogP contribution in [0.1, 0.15) is 24.6 Å². The highest BCUT2D eigenvalue weighted by molar-refractivity contribution is 14.1. The normalized spacial score (nSPS) is 10.7. The molecule has 0 amide bonds. The highest BCUT2D eigenvalue weighted by Gasteiger charge is 2.22. The summed E-state index contributed by atoms with van der Waals surface area (Å²) in [6.07, 6.45) is -1.75. The quantitative estimate of drug-likeness (QED) is 0.598. The monoisotopic (exact) mass is 375 g/mol. The van der Waals surface area contributed by atoms with Crippen molar-refractivity contribution in [3.05, 3.63) is 26.0 Å². The number of halogens is 4. The third-order valence-electron chi connectivity index (χ3n) is 1.93. The molecule has 0 unspecified atom stereocenters. The van der Waals surface area contributed by atoms with E-state index in [0.29, 0.717) is 0 Å². The standard InChI is InChI=1S/C10H9ClF2INO2/c1-2-17-7(16)3-6-8(10(12)13)9(14)5(11)4-15-6/h4,10H,2-3H2,1H3. The van der Waals surface area contributed by atoms with Gasteiger partial charge in [0.2, 0.25) is 0 Å². The van der Waals surface area contributed by atoms with Crippen molar-refractivity contribution in [2.45, 2.75) is 19.8 Å². The Bertz CT molecular complexity index is 429. The van der Waals surface area contributed by atoms with Crippen LogP contribution < -0.4 is 0 Å². The number of hydrogen-bond donors (Lipinski definition) is 0. The number of carbonyl (C=O) groups excluding carboxylic acids is 1. The molecule has 94 valence electrons. The van der Waals surface area contributed by atoms with Gasteiger partial charge in [-0.3, -0.25) is 9.78 Å². The number of alkyl halides is 2. The van der Waals surface area contributed by atoms with Gasteiger partial charge < -0.3 is 4.74 Å². The first-order valence-corrected chi connectivity index (χ1v) is 6.19. The number of rotatable bonds is 4. The largest absolute Gasteiger partial charge is 0.466 e. The lowest BCUT2D eigenvalue weighted by atomic mass is 10.1. The van der Waals surface area contributed by atoms with Gasteiger partial charge in [-0.25, -0.2) is 8.78 Å². The lowest BCUT2D eigenvalue weighted by Crippen LogP contribution is -2.12. The molecule has 0 spiro atoms. The van der Waals surface area contributed by atoms with Crippen LogP contribution in [0.15, 0.2) is 6.20 Å². The summed E-state index contributed by atoms with van der Waals surface area (Å²) in [5.74, 6) is -0.583. The van der Waals surface area contributed by atoms with Gasteiger partial charge in [0.25, 0.3) is 6.43 Å². The number of ether oxygens (including phenoxy) is 1. The first-order chi connectivity index (χ1) is 7.97. The zero-order valence-electron chi connectivity index (χ0n) is 8.84. The van der Waals surface area contributed by atoms with Crippen LogP contribution in [0.3, 0.4) is 0 Å². The molecule has 1 aromatic heterocycles. The van der Waals surface area contributed by atoms with Crippen molar-refractivity contribution in [1.82, 2.24) is 4.98 Å². The van der Waals surface area contributed by atoms with Crippen molar-refractivity contribution in [3.8, 4) is 0 Å².